The second-order valence-electron chi connectivity index (χ2n) is 4.34. The van der Waals surface area contributed by atoms with Crippen molar-refractivity contribution in [2.24, 2.45) is 0 Å². The Morgan fingerprint density at radius 1 is 1.29 bits per heavy atom. The molecule has 0 aliphatic heterocycles. The predicted molar refractivity (Wildman–Crippen MR) is 67.9 cm³/mol. The van der Waals surface area contributed by atoms with Gasteiger partial charge in [0.25, 0.3) is 0 Å². The summed E-state index contributed by atoms with van der Waals surface area (Å²) in [6, 6.07) is 6.94. The maximum atomic E-state index is 12.0. The Labute approximate surface area is 103 Å². The van der Waals surface area contributed by atoms with Crippen LogP contribution in [0.5, 0.6) is 0 Å². The van der Waals surface area contributed by atoms with Crippen LogP contribution in [0.3, 0.4) is 0 Å². The highest BCUT2D eigenvalue weighted by Crippen LogP contribution is 2.13. The fourth-order valence-corrected chi connectivity index (χ4v) is 2.90. The second-order valence-corrected chi connectivity index (χ2v) is 6.37. The molecule has 1 aromatic rings. The molecular weight excluding hydrogens is 238 g/mol. The molecule has 0 unspecified atom stereocenters. The molecule has 0 heterocycles. The van der Waals surface area contributed by atoms with Crippen molar-refractivity contribution in [3.05, 3.63) is 35.4 Å². The van der Waals surface area contributed by atoms with E-state index in [-0.39, 0.29) is 18.4 Å². The molecular formula is C12H19NO3S. The molecule has 0 saturated carbocycles. The highest BCUT2D eigenvalue weighted by atomic mass is 32.2. The number of aliphatic hydroxyl groups excluding tert-OH is 1. The monoisotopic (exact) mass is 257 g/mol. The van der Waals surface area contributed by atoms with E-state index in [1.807, 2.05) is 13.8 Å². The third-order valence-corrected chi connectivity index (χ3v) is 4.69. The summed E-state index contributed by atoms with van der Waals surface area (Å²) in [6.07, 6.45) is 0. The lowest BCUT2D eigenvalue weighted by Gasteiger charge is -2.21. The lowest BCUT2D eigenvalue weighted by molar-refractivity contribution is 0.281. The summed E-state index contributed by atoms with van der Waals surface area (Å²) < 4.78 is 25.4. The Morgan fingerprint density at radius 2 is 1.88 bits per heavy atom. The van der Waals surface area contributed by atoms with Crippen molar-refractivity contribution in [3.63, 3.8) is 0 Å². The number of hydrogen-bond acceptors (Lipinski definition) is 3. The maximum Gasteiger partial charge on any atom is 0.218 e. The molecule has 0 aromatic heterocycles. The van der Waals surface area contributed by atoms with Crippen LogP contribution in [-0.4, -0.2) is 30.9 Å². The summed E-state index contributed by atoms with van der Waals surface area (Å²) in [5.74, 6) is -0.0322. The molecule has 0 radical (unpaired) electrons. The van der Waals surface area contributed by atoms with E-state index < -0.39 is 10.0 Å². The molecule has 1 N–H and O–H groups in total. The van der Waals surface area contributed by atoms with Gasteiger partial charge in [0.1, 0.15) is 0 Å². The smallest absolute Gasteiger partial charge is 0.218 e. The van der Waals surface area contributed by atoms with Crippen LogP contribution in [0.1, 0.15) is 25.0 Å². The van der Waals surface area contributed by atoms with Crippen molar-refractivity contribution in [3.8, 4) is 0 Å². The molecule has 0 atom stereocenters. The first-order chi connectivity index (χ1) is 7.86. The van der Waals surface area contributed by atoms with Gasteiger partial charge in [-0.15, -0.1) is 0 Å². The standard InChI is InChI=1S/C12H19NO3S/c1-10(2)13(3)17(15,16)9-12-6-4-5-11(7-12)8-14/h4-7,10,14H,8-9H2,1-3H3. The molecule has 1 aromatic carbocycles. The number of nitrogens with zero attached hydrogens (tertiary/aromatic N) is 1. The van der Waals surface area contributed by atoms with Crippen LogP contribution in [0.2, 0.25) is 0 Å². The van der Waals surface area contributed by atoms with Crippen molar-refractivity contribution in [1.29, 1.82) is 0 Å². The number of sulfonamides is 1. The Hall–Kier alpha value is -0.910. The minimum atomic E-state index is -3.29. The summed E-state index contributed by atoms with van der Waals surface area (Å²) >= 11 is 0. The zero-order valence-corrected chi connectivity index (χ0v) is 11.2. The SMILES string of the molecule is CC(C)N(C)S(=O)(=O)Cc1cccc(CO)c1. The van der Waals surface area contributed by atoms with Gasteiger partial charge < -0.3 is 5.11 Å². The minimum Gasteiger partial charge on any atom is -0.392 e. The van der Waals surface area contributed by atoms with Gasteiger partial charge in [0, 0.05) is 13.1 Å². The molecule has 96 valence electrons. The lowest BCUT2D eigenvalue weighted by Crippen LogP contribution is -2.33. The molecule has 17 heavy (non-hydrogen) atoms. The first-order valence-electron chi connectivity index (χ1n) is 5.51. The van der Waals surface area contributed by atoms with Crippen LogP contribution in [0, 0.1) is 0 Å². The van der Waals surface area contributed by atoms with Gasteiger partial charge in [-0.05, 0) is 25.0 Å². The van der Waals surface area contributed by atoms with Gasteiger partial charge in [0.15, 0.2) is 0 Å². The molecule has 0 amide bonds. The molecule has 4 nitrogen and oxygen atoms in total. The van der Waals surface area contributed by atoms with Crippen molar-refractivity contribution >= 4 is 10.0 Å². The third-order valence-electron chi connectivity index (χ3n) is 2.69. The first kappa shape index (κ1) is 14.2. The van der Waals surface area contributed by atoms with Gasteiger partial charge in [-0.2, -0.15) is 0 Å². The van der Waals surface area contributed by atoms with Gasteiger partial charge in [0.2, 0.25) is 10.0 Å². The van der Waals surface area contributed by atoms with E-state index >= 15 is 0 Å². The topological polar surface area (TPSA) is 57.6 Å². The van der Waals surface area contributed by atoms with E-state index in [9.17, 15) is 8.42 Å². The third kappa shape index (κ3) is 3.80. The van der Waals surface area contributed by atoms with Crippen LogP contribution < -0.4 is 0 Å². The summed E-state index contributed by atoms with van der Waals surface area (Å²) in [4.78, 5) is 0. The van der Waals surface area contributed by atoms with Crippen molar-refractivity contribution in [2.75, 3.05) is 7.05 Å². The Balaban J connectivity index is 2.90. The van der Waals surface area contributed by atoms with E-state index in [0.717, 1.165) is 5.56 Å². The zero-order valence-electron chi connectivity index (χ0n) is 10.4. The van der Waals surface area contributed by atoms with Crippen LogP contribution >= 0.6 is 0 Å². The Morgan fingerprint density at radius 3 is 2.41 bits per heavy atom. The summed E-state index contributed by atoms with van der Waals surface area (Å²) in [5.41, 5.74) is 1.42. The lowest BCUT2D eigenvalue weighted by atomic mass is 10.1. The first-order valence-corrected chi connectivity index (χ1v) is 7.12. The average molecular weight is 257 g/mol. The molecule has 0 aliphatic rings. The molecule has 0 bridgehead atoms. The highest BCUT2D eigenvalue weighted by molar-refractivity contribution is 7.88. The van der Waals surface area contributed by atoms with Gasteiger partial charge in [0.05, 0.1) is 12.4 Å². The normalized spacial score (nSPS) is 12.4. The Bertz CT molecular complexity index is 468. The average Bonchev–Trinajstić information content (AvgIpc) is 2.27. The second kappa shape index (κ2) is 5.62. The number of rotatable bonds is 5. The highest BCUT2D eigenvalue weighted by Gasteiger charge is 2.20. The fourth-order valence-electron chi connectivity index (χ4n) is 1.45. The number of aliphatic hydroxyl groups is 1. The van der Waals surface area contributed by atoms with Crippen LogP contribution in [0.4, 0.5) is 0 Å². The summed E-state index contributed by atoms with van der Waals surface area (Å²) in [5, 5.41) is 9.00. The molecule has 0 spiro atoms. The largest absolute Gasteiger partial charge is 0.392 e. The van der Waals surface area contributed by atoms with Crippen LogP contribution in [0.15, 0.2) is 24.3 Å². The van der Waals surface area contributed by atoms with E-state index in [4.69, 9.17) is 5.11 Å². The predicted octanol–water partition coefficient (Wildman–Crippen LogP) is 1.35. The molecule has 0 aliphatic carbocycles. The number of hydrogen-bond donors (Lipinski definition) is 1. The van der Waals surface area contributed by atoms with Gasteiger partial charge in [-0.3, -0.25) is 0 Å². The van der Waals surface area contributed by atoms with Crippen molar-refractivity contribution in [1.82, 2.24) is 4.31 Å². The van der Waals surface area contributed by atoms with E-state index in [2.05, 4.69) is 0 Å². The zero-order chi connectivity index (χ0) is 13.1. The van der Waals surface area contributed by atoms with Crippen LogP contribution in [-0.2, 0) is 22.4 Å². The van der Waals surface area contributed by atoms with E-state index in [1.54, 1.807) is 31.3 Å². The molecule has 0 fully saturated rings. The van der Waals surface area contributed by atoms with E-state index in [0.29, 0.717) is 5.56 Å². The molecule has 5 heteroatoms. The van der Waals surface area contributed by atoms with Gasteiger partial charge in [-0.1, -0.05) is 24.3 Å². The van der Waals surface area contributed by atoms with Crippen LogP contribution in [0.25, 0.3) is 0 Å². The van der Waals surface area contributed by atoms with Crippen molar-refractivity contribution < 1.29 is 13.5 Å². The van der Waals surface area contributed by atoms with Crippen molar-refractivity contribution in [2.45, 2.75) is 32.2 Å². The quantitative estimate of drug-likeness (QED) is 0.866. The van der Waals surface area contributed by atoms with E-state index in [1.165, 1.54) is 4.31 Å². The van der Waals surface area contributed by atoms with Gasteiger partial charge >= 0.3 is 0 Å². The maximum absolute atomic E-state index is 12.0. The summed E-state index contributed by atoms with van der Waals surface area (Å²) in [6.45, 7) is 3.59. The summed E-state index contributed by atoms with van der Waals surface area (Å²) in [7, 11) is -1.71. The Kier molecular flexibility index (Phi) is 4.68. The minimum absolute atomic E-state index is 0.0322. The molecule has 0 saturated heterocycles. The molecule has 1 rings (SSSR count). The van der Waals surface area contributed by atoms with Gasteiger partial charge in [-0.25, -0.2) is 12.7 Å². The fraction of sp³-hybridized carbons (Fsp3) is 0.500. The number of benzene rings is 1.